The quantitative estimate of drug-likeness (QED) is 0.821. The van der Waals surface area contributed by atoms with Crippen LogP contribution >= 0.6 is 0 Å². The molecule has 0 aromatic heterocycles. The van der Waals surface area contributed by atoms with Gasteiger partial charge in [0.1, 0.15) is 0 Å². The molecule has 19 heavy (non-hydrogen) atoms. The highest BCUT2D eigenvalue weighted by Gasteiger charge is 2.24. The van der Waals surface area contributed by atoms with Gasteiger partial charge < -0.3 is 10.6 Å². The van der Waals surface area contributed by atoms with E-state index < -0.39 is 0 Å². The molecule has 1 heterocycles. The van der Waals surface area contributed by atoms with Crippen molar-refractivity contribution in [3.63, 3.8) is 0 Å². The summed E-state index contributed by atoms with van der Waals surface area (Å²) in [5, 5.41) is 6.69. The largest absolute Gasteiger partial charge is 0.353 e. The average Bonchev–Trinajstić information content (AvgIpc) is 2.42. The van der Waals surface area contributed by atoms with Gasteiger partial charge in [-0.25, -0.2) is 0 Å². The fourth-order valence-electron chi connectivity index (χ4n) is 3.51. The van der Waals surface area contributed by atoms with Crippen LogP contribution in [-0.2, 0) is 4.79 Å². The molecular formula is C16H30N2O. The summed E-state index contributed by atoms with van der Waals surface area (Å²) >= 11 is 0. The van der Waals surface area contributed by atoms with Gasteiger partial charge in [-0.1, -0.05) is 13.8 Å². The zero-order valence-electron chi connectivity index (χ0n) is 12.6. The van der Waals surface area contributed by atoms with Gasteiger partial charge in [0.25, 0.3) is 0 Å². The predicted molar refractivity (Wildman–Crippen MR) is 78.9 cm³/mol. The highest BCUT2D eigenvalue weighted by Crippen LogP contribution is 2.25. The van der Waals surface area contributed by atoms with Gasteiger partial charge >= 0.3 is 0 Å². The molecule has 3 nitrogen and oxygen atoms in total. The summed E-state index contributed by atoms with van der Waals surface area (Å²) in [7, 11) is 0. The van der Waals surface area contributed by atoms with Crippen molar-refractivity contribution < 1.29 is 4.79 Å². The predicted octanol–water partition coefficient (Wildman–Crippen LogP) is 2.71. The summed E-state index contributed by atoms with van der Waals surface area (Å²) < 4.78 is 0. The first kappa shape index (κ1) is 14.8. The smallest absolute Gasteiger partial charge is 0.220 e. The lowest BCUT2D eigenvalue weighted by Crippen LogP contribution is -2.40. The molecule has 2 fully saturated rings. The highest BCUT2D eigenvalue weighted by molar-refractivity contribution is 5.76. The van der Waals surface area contributed by atoms with Gasteiger partial charge in [-0.2, -0.15) is 0 Å². The van der Waals surface area contributed by atoms with E-state index in [2.05, 4.69) is 24.5 Å². The van der Waals surface area contributed by atoms with Crippen LogP contribution in [0.3, 0.4) is 0 Å². The normalized spacial score (nSPS) is 33.7. The molecule has 0 radical (unpaired) electrons. The Hall–Kier alpha value is -0.570. The summed E-state index contributed by atoms with van der Waals surface area (Å²) in [6.07, 6.45) is 8.14. The third kappa shape index (κ3) is 4.79. The van der Waals surface area contributed by atoms with Crippen LogP contribution in [-0.4, -0.2) is 25.0 Å². The molecule has 1 saturated heterocycles. The Morgan fingerprint density at radius 2 is 2.00 bits per heavy atom. The van der Waals surface area contributed by atoms with Crippen molar-refractivity contribution >= 4 is 5.91 Å². The number of amides is 1. The molecule has 2 unspecified atom stereocenters. The van der Waals surface area contributed by atoms with Crippen LogP contribution in [0.1, 0.15) is 58.8 Å². The average molecular weight is 266 g/mol. The third-order valence-corrected chi connectivity index (χ3v) is 5.03. The van der Waals surface area contributed by atoms with Gasteiger partial charge in [-0.15, -0.1) is 0 Å². The first-order chi connectivity index (χ1) is 9.15. The standard InChI is InChI=1S/C16H30N2O/c1-12-5-7-15(8-6-12)18-16(19)10-13(2)14-4-3-9-17-11-14/h12-15,17H,3-11H2,1-2H3,(H,18,19). The minimum absolute atomic E-state index is 0.276. The maximum absolute atomic E-state index is 12.1. The lowest BCUT2D eigenvalue weighted by Gasteiger charge is -2.30. The van der Waals surface area contributed by atoms with E-state index in [-0.39, 0.29) is 5.91 Å². The van der Waals surface area contributed by atoms with Crippen LogP contribution in [0.15, 0.2) is 0 Å². The fourth-order valence-corrected chi connectivity index (χ4v) is 3.51. The van der Waals surface area contributed by atoms with Crippen molar-refractivity contribution in [2.45, 2.75) is 64.8 Å². The van der Waals surface area contributed by atoms with Gasteiger partial charge in [-0.05, 0) is 69.4 Å². The first-order valence-corrected chi connectivity index (χ1v) is 8.15. The fraction of sp³-hybridized carbons (Fsp3) is 0.938. The topological polar surface area (TPSA) is 41.1 Å². The van der Waals surface area contributed by atoms with E-state index in [0.717, 1.165) is 19.0 Å². The van der Waals surface area contributed by atoms with Gasteiger partial charge in [0.05, 0.1) is 0 Å². The van der Waals surface area contributed by atoms with E-state index in [0.29, 0.717) is 24.3 Å². The van der Waals surface area contributed by atoms with Crippen molar-refractivity contribution in [3.05, 3.63) is 0 Å². The molecule has 110 valence electrons. The number of carbonyl (C=O) groups is 1. The summed E-state index contributed by atoms with van der Waals surface area (Å²) in [6, 6.07) is 0.445. The Morgan fingerprint density at radius 3 is 2.63 bits per heavy atom. The highest BCUT2D eigenvalue weighted by atomic mass is 16.1. The van der Waals surface area contributed by atoms with Gasteiger partial charge in [0.2, 0.25) is 5.91 Å². The molecule has 2 atom stereocenters. The van der Waals surface area contributed by atoms with Crippen molar-refractivity contribution in [2.24, 2.45) is 17.8 Å². The number of piperidine rings is 1. The third-order valence-electron chi connectivity index (χ3n) is 5.03. The van der Waals surface area contributed by atoms with Gasteiger partial charge in [-0.3, -0.25) is 4.79 Å². The van der Waals surface area contributed by atoms with Crippen molar-refractivity contribution in [1.29, 1.82) is 0 Å². The first-order valence-electron chi connectivity index (χ1n) is 8.15. The van der Waals surface area contributed by atoms with E-state index in [1.54, 1.807) is 0 Å². The summed E-state index contributed by atoms with van der Waals surface area (Å²) in [5.41, 5.74) is 0. The molecule has 0 aromatic rings. The van der Waals surface area contributed by atoms with Crippen LogP contribution in [0, 0.1) is 17.8 Å². The minimum Gasteiger partial charge on any atom is -0.353 e. The number of hydrogen-bond acceptors (Lipinski definition) is 2. The molecule has 1 saturated carbocycles. The van der Waals surface area contributed by atoms with E-state index in [9.17, 15) is 4.79 Å². The van der Waals surface area contributed by atoms with Crippen LogP contribution in [0.5, 0.6) is 0 Å². The van der Waals surface area contributed by atoms with Gasteiger partial charge in [0, 0.05) is 12.5 Å². The number of rotatable bonds is 4. The molecule has 0 aromatic carbocycles. The maximum Gasteiger partial charge on any atom is 0.220 e. The second-order valence-electron chi connectivity index (χ2n) is 6.81. The molecular weight excluding hydrogens is 236 g/mol. The Bertz CT molecular complexity index is 278. The Kier molecular flexibility index (Phi) is 5.68. The summed E-state index contributed by atoms with van der Waals surface area (Å²) in [5.74, 6) is 2.32. The van der Waals surface area contributed by atoms with E-state index >= 15 is 0 Å². The SMILES string of the molecule is CC1CCC(NC(=O)CC(C)C2CCCNC2)CC1. The second-order valence-corrected chi connectivity index (χ2v) is 6.81. The molecule has 2 N–H and O–H groups in total. The van der Waals surface area contributed by atoms with E-state index in [4.69, 9.17) is 0 Å². The van der Waals surface area contributed by atoms with Gasteiger partial charge in [0.15, 0.2) is 0 Å². The van der Waals surface area contributed by atoms with Crippen LogP contribution in [0.4, 0.5) is 0 Å². The molecule has 0 spiro atoms. The molecule has 3 heteroatoms. The van der Waals surface area contributed by atoms with Crippen LogP contribution < -0.4 is 10.6 Å². The molecule has 1 aliphatic heterocycles. The molecule has 1 aliphatic carbocycles. The Morgan fingerprint density at radius 1 is 1.26 bits per heavy atom. The van der Waals surface area contributed by atoms with E-state index in [1.807, 2.05) is 0 Å². The van der Waals surface area contributed by atoms with E-state index in [1.165, 1.54) is 38.5 Å². The second kappa shape index (κ2) is 7.28. The van der Waals surface area contributed by atoms with Crippen LogP contribution in [0.2, 0.25) is 0 Å². The Balaban J connectivity index is 1.68. The van der Waals surface area contributed by atoms with Crippen molar-refractivity contribution in [1.82, 2.24) is 10.6 Å². The monoisotopic (exact) mass is 266 g/mol. The van der Waals surface area contributed by atoms with Crippen LogP contribution in [0.25, 0.3) is 0 Å². The Labute approximate surface area is 117 Å². The minimum atomic E-state index is 0.276. The number of carbonyl (C=O) groups excluding carboxylic acids is 1. The summed E-state index contributed by atoms with van der Waals surface area (Å²) in [6.45, 7) is 6.79. The molecule has 2 aliphatic rings. The maximum atomic E-state index is 12.1. The summed E-state index contributed by atoms with van der Waals surface area (Å²) in [4.78, 5) is 12.1. The van der Waals surface area contributed by atoms with Crippen molar-refractivity contribution in [3.8, 4) is 0 Å². The zero-order valence-corrected chi connectivity index (χ0v) is 12.6. The molecule has 0 bridgehead atoms. The lowest BCUT2D eigenvalue weighted by atomic mass is 9.84. The molecule has 2 rings (SSSR count). The number of hydrogen-bond donors (Lipinski definition) is 2. The number of nitrogens with one attached hydrogen (secondary N) is 2. The zero-order chi connectivity index (χ0) is 13.7. The molecule has 1 amide bonds. The van der Waals surface area contributed by atoms with Crippen molar-refractivity contribution in [2.75, 3.05) is 13.1 Å². The lowest BCUT2D eigenvalue weighted by molar-refractivity contribution is -0.123.